The van der Waals surface area contributed by atoms with Gasteiger partial charge in [-0.25, -0.2) is 8.42 Å². The third-order valence-electron chi connectivity index (χ3n) is 6.50. The summed E-state index contributed by atoms with van der Waals surface area (Å²) in [4.78, 5) is 16.8. The number of aryl methyl sites for hydroxylation is 1. The molecule has 39 heavy (non-hydrogen) atoms. The van der Waals surface area contributed by atoms with Crippen molar-refractivity contribution in [1.82, 2.24) is 4.90 Å². The van der Waals surface area contributed by atoms with Gasteiger partial charge in [-0.2, -0.15) is 13.2 Å². The Morgan fingerprint density at radius 2 is 1.59 bits per heavy atom. The number of sulfonamides is 1. The normalized spacial score (nSPS) is 14.3. The van der Waals surface area contributed by atoms with Crippen LogP contribution in [0, 0.1) is 6.92 Å². The van der Waals surface area contributed by atoms with E-state index in [9.17, 15) is 26.4 Å². The van der Waals surface area contributed by atoms with Crippen molar-refractivity contribution in [1.29, 1.82) is 0 Å². The molecule has 0 aliphatic carbocycles. The minimum absolute atomic E-state index is 0.145. The Morgan fingerprint density at radius 1 is 0.974 bits per heavy atom. The average Bonchev–Trinajstić information content (AvgIpc) is 2.91. The zero-order valence-corrected chi connectivity index (χ0v) is 22.9. The molecule has 1 aliphatic rings. The maximum Gasteiger partial charge on any atom is 0.417 e. The van der Waals surface area contributed by atoms with E-state index >= 15 is 0 Å². The number of carbonyl (C=O) groups is 1. The van der Waals surface area contributed by atoms with Crippen LogP contribution in [0.2, 0.25) is 5.02 Å². The minimum Gasteiger partial charge on any atom is -0.497 e. The second-order valence-electron chi connectivity index (χ2n) is 9.05. The molecule has 12 heteroatoms. The molecule has 0 unspecified atom stereocenters. The molecule has 7 nitrogen and oxygen atoms in total. The van der Waals surface area contributed by atoms with E-state index in [0.717, 1.165) is 29.1 Å². The van der Waals surface area contributed by atoms with Gasteiger partial charge in [0.25, 0.3) is 10.0 Å². The van der Waals surface area contributed by atoms with Gasteiger partial charge in [-0.1, -0.05) is 29.3 Å². The number of ether oxygens (including phenoxy) is 1. The summed E-state index contributed by atoms with van der Waals surface area (Å²) in [5.74, 6) is 0.196. The van der Waals surface area contributed by atoms with Gasteiger partial charge in [0.05, 0.1) is 28.3 Å². The van der Waals surface area contributed by atoms with Crippen LogP contribution < -0.4 is 13.9 Å². The number of alkyl halides is 3. The van der Waals surface area contributed by atoms with Crippen LogP contribution in [-0.2, 0) is 21.0 Å². The highest BCUT2D eigenvalue weighted by Crippen LogP contribution is 2.38. The first-order valence-corrected chi connectivity index (χ1v) is 13.8. The second-order valence-corrected chi connectivity index (χ2v) is 11.3. The number of hydrogen-bond acceptors (Lipinski definition) is 5. The van der Waals surface area contributed by atoms with Gasteiger partial charge >= 0.3 is 6.18 Å². The number of nitrogens with zero attached hydrogens (tertiary/aromatic N) is 3. The summed E-state index contributed by atoms with van der Waals surface area (Å²) < 4.78 is 73.9. The van der Waals surface area contributed by atoms with E-state index in [0.29, 0.717) is 36.6 Å². The topological polar surface area (TPSA) is 70.2 Å². The fraction of sp³-hybridized carbons (Fsp3) is 0.296. The fourth-order valence-electron chi connectivity index (χ4n) is 4.27. The Labute approximate surface area is 230 Å². The zero-order chi connectivity index (χ0) is 28.4. The number of piperazine rings is 1. The molecule has 1 saturated heterocycles. The molecule has 1 amide bonds. The summed E-state index contributed by atoms with van der Waals surface area (Å²) in [5, 5.41) is -0.570. The summed E-state index contributed by atoms with van der Waals surface area (Å²) in [5.41, 5.74) is 0.258. The third kappa shape index (κ3) is 6.42. The van der Waals surface area contributed by atoms with Crippen molar-refractivity contribution in [3.05, 3.63) is 82.9 Å². The van der Waals surface area contributed by atoms with Crippen molar-refractivity contribution in [3.8, 4) is 5.75 Å². The van der Waals surface area contributed by atoms with Crippen LogP contribution >= 0.6 is 11.6 Å². The van der Waals surface area contributed by atoms with Crippen LogP contribution in [0.25, 0.3) is 0 Å². The number of benzene rings is 3. The standard InChI is InChI=1S/C27H27ClF3N3O4S/c1-19-3-10-23(11-4-19)39(36,37)34(21-7-12-25(28)24(17-21)27(29,30)31)18-26(35)33-15-13-32(14-16-33)20-5-8-22(38-2)9-6-20/h3-12,17H,13-16,18H2,1-2H3. The Balaban J connectivity index is 1.59. The highest BCUT2D eigenvalue weighted by molar-refractivity contribution is 7.92. The van der Waals surface area contributed by atoms with E-state index < -0.39 is 39.2 Å². The predicted molar refractivity (Wildman–Crippen MR) is 144 cm³/mol. The maximum atomic E-state index is 13.6. The van der Waals surface area contributed by atoms with Crippen LogP contribution in [-0.4, -0.2) is 59.1 Å². The monoisotopic (exact) mass is 581 g/mol. The number of hydrogen-bond donors (Lipinski definition) is 0. The van der Waals surface area contributed by atoms with Crippen LogP contribution in [0.3, 0.4) is 0 Å². The lowest BCUT2D eigenvalue weighted by atomic mass is 10.2. The molecule has 1 heterocycles. The predicted octanol–water partition coefficient (Wildman–Crippen LogP) is 5.22. The van der Waals surface area contributed by atoms with Gasteiger partial charge in [-0.15, -0.1) is 0 Å². The average molecular weight is 582 g/mol. The lowest BCUT2D eigenvalue weighted by Gasteiger charge is -2.37. The molecule has 0 atom stereocenters. The number of methoxy groups -OCH3 is 1. The Kier molecular flexibility index (Phi) is 8.31. The highest BCUT2D eigenvalue weighted by Gasteiger charge is 2.36. The van der Waals surface area contributed by atoms with Crippen molar-refractivity contribution in [2.24, 2.45) is 0 Å². The lowest BCUT2D eigenvalue weighted by Crippen LogP contribution is -2.52. The van der Waals surface area contributed by atoms with E-state index in [1.54, 1.807) is 26.2 Å². The Bertz CT molecular complexity index is 1420. The Hall–Kier alpha value is -3.44. The number of anilines is 2. The van der Waals surface area contributed by atoms with Crippen LogP contribution in [0.15, 0.2) is 71.6 Å². The SMILES string of the molecule is COc1ccc(N2CCN(C(=O)CN(c3ccc(Cl)c(C(F)(F)F)c3)S(=O)(=O)c3ccc(C)cc3)CC2)cc1. The van der Waals surface area contributed by atoms with Crippen LogP contribution in [0.4, 0.5) is 24.5 Å². The van der Waals surface area contributed by atoms with Crippen molar-refractivity contribution in [2.75, 3.05) is 49.0 Å². The van der Waals surface area contributed by atoms with Gasteiger partial charge in [-0.3, -0.25) is 9.10 Å². The van der Waals surface area contributed by atoms with E-state index in [4.69, 9.17) is 16.3 Å². The molecule has 1 fully saturated rings. The van der Waals surface area contributed by atoms with E-state index in [-0.39, 0.29) is 10.6 Å². The molecular formula is C27H27ClF3N3O4S. The molecule has 4 rings (SSSR count). The third-order valence-corrected chi connectivity index (χ3v) is 8.62. The summed E-state index contributed by atoms with van der Waals surface area (Å²) in [6.07, 6.45) is -4.81. The molecule has 3 aromatic carbocycles. The van der Waals surface area contributed by atoms with Crippen molar-refractivity contribution >= 4 is 38.9 Å². The summed E-state index contributed by atoms with van der Waals surface area (Å²) in [6.45, 7) is 2.75. The van der Waals surface area contributed by atoms with Crippen molar-refractivity contribution in [2.45, 2.75) is 18.0 Å². The van der Waals surface area contributed by atoms with Gasteiger partial charge < -0.3 is 14.5 Å². The van der Waals surface area contributed by atoms with Crippen molar-refractivity contribution < 1.29 is 31.1 Å². The molecule has 0 saturated carbocycles. The summed E-state index contributed by atoms with van der Waals surface area (Å²) in [7, 11) is -2.81. The van der Waals surface area contributed by atoms with Crippen LogP contribution in [0.5, 0.6) is 5.75 Å². The molecule has 0 spiro atoms. The number of rotatable bonds is 7. The van der Waals surface area contributed by atoms with Crippen LogP contribution in [0.1, 0.15) is 11.1 Å². The van der Waals surface area contributed by atoms with Gasteiger partial charge in [0.1, 0.15) is 12.3 Å². The Morgan fingerprint density at radius 3 is 2.15 bits per heavy atom. The first kappa shape index (κ1) is 28.6. The molecule has 3 aromatic rings. The molecule has 0 N–H and O–H groups in total. The van der Waals surface area contributed by atoms with Crippen molar-refractivity contribution in [3.63, 3.8) is 0 Å². The lowest BCUT2D eigenvalue weighted by molar-refractivity contribution is -0.137. The molecule has 0 radical (unpaired) electrons. The second kappa shape index (κ2) is 11.4. The highest BCUT2D eigenvalue weighted by atomic mass is 35.5. The number of halogens is 4. The quantitative estimate of drug-likeness (QED) is 0.383. The van der Waals surface area contributed by atoms with Gasteiger partial charge in [0.15, 0.2) is 0 Å². The first-order chi connectivity index (χ1) is 18.4. The minimum atomic E-state index is -4.81. The molecule has 0 bridgehead atoms. The summed E-state index contributed by atoms with van der Waals surface area (Å²) >= 11 is 5.77. The smallest absolute Gasteiger partial charge is 0.417 e. The maximum absolute atomic E-state index is 13.6. The molecule has 1 aliphatic heterocycles. The first-order valence-electron chi connectivity index (χ1n) is 12.0. The fourth-order valence-corrected chi connectivity index (χ4v) is 5.90. The molecule has 0 aromatic heterocycles. The number of carbonyl (C=O) groups excluding carboxylic acids is 1. The van der Waals surface area contributed by atoms with Gasteiger partial charge in [-0.05, 0) is 61.5 Å². The zero-order valence-electron chi connectivity index (χ0n) is 21.3. The molecular weight excluding hydrogens is 555 g/mol. The van der Waals surface area contributed by atoms with E-state index in [2.05, 4.69) is 4.90 Å². The number of amides is 1. The van der Waals surface area contributed by atoms with Gasteiger partial charge in [0, 0.05) is 31.9 Å². The molecule has 208 valence electrons. The van der Waals surface area contributed by atoms with E-state index in [1.165, 1.54) is 17.0 Å². The summed E-state index contributed by atoms with van der Waals surface area (Å²) in [6, 6.07) is 16.2. The van der Waals surface area contributed by atoms with Gasteiger partial charge in [0.2, 0.25) is 5.91 Å². The van der Waals surface area contributed by atoms with E-state index in [1.807, 2.05) is 24.3 Å². The largest absolute Gasteiger partial charge is 0.497 e.